The molecule has 0 bridgehead atoms. The zero-order valence-electron chi connectivity index (χ0n) is 11.4. The Morgan fingerprint density at radius 3 is 2.56 bits per heavy atom. The van der Waals surface area contributed by atoms with E-state index in [4.69, 9.17) is 0 Å². The maximum atomic E-state index is 3.61. The number of hydrogen-bond donors (Lipinski definition) is 1. The quantitative estimate of drug-likeness (QED) is 0.846. The Kier molecular flexibility index (Phi) is 4.56. The molecule has 2 rings (SSSR count). The molecule has 1 aromatic carbocycles. The van der Waals surface area contributed by atoms with Gasteiger partial charge in [0.15, 0.2) is 0 Å². The molecule has 1 N–H and O–H groups in total. The van der Waals surface area contributed by atoms with Crippen LogP contribution in [0.3, 0.4) is 0 Å². The predicted octanol–water partition coefficient (Wildman–Crippen LogP) is 4.26. The molecule has 2 aromatic rings. The van der Waals surface area contributed by atoms with Crippen molar-refractivity contribution in [3.05, 3.63) is 57.3 Å². The van der Waals surface area contributed by atoms with Crippen molar-refractivity contribution in [2.45, 2.75) is 33.2 Å². The van der Waals surface area contributed by atoms with Gasteiger partial charge in [0, 0.05) is 10.9 Å². The standard InChI is InChI=1S/C16H21NS/c1-4-17-16(15-9-10-18-13(15)3)11-14-8-6-5-7-12(14)2/h5-10,16-17H,4,11H2,1-3H3. The fourth-order valence-corrected chi connectivity index (χ4v) is 3.12. The second kappa shape index (κ2) is 6.17. The molecule has 0 saturated heterocycles. The van der Waals surface area contributed by atoms with E-state index in [9.17, 15) is 0 Å². The largest absolute Gasteiger partial charge is 0.310 e. The van der Waals surface area contributed by atoms with Gasteiger partial charge in [0.25, 0.3) is 0 Å². The minimum Gasteiger partial charge on any atom is -0.310 e. The van der Waals surface area contributed by atoms with E-state index < -0.39 is 0 Å². The van der Waals surface area contributed by atoms with Crippen LogP contribution in [0.15, 0.2) is 35.7 Å². The predicted molar refractivity (Wildman–Crippen MR) is 80.4 cm³/mol. The van der Waals surface area contributed by atoms with Crippen LogP contribution in [0.5, 0.6) is 0 Å². The molecular weight excluding hydrogens is 238 g/mol. The maximum absolute atomic E-state index is 3.61. The normalized spacial score (nSPS) is 12.6. The number of hydrogen-bond acceptors (Lipinski definition) is 2. The van der Waals surface area contributed by atoms with Crippen LogP contribution in [0.25, 0.3) is 0 Å². The Labute approximate surface area is 114 Å². The first-order valence-electron chi connectivity index (χ1n) is 6.54. The topological polar surface area (TPSA) is 12.0 Å². The lowest BCUT2D eigenvalue weighted by Gasteiger charge is -2.19. The smallest absolute Gasteiger partial charge is 0.0371 e. The van der Waals surface area contributed by atoms with Crippen LogP contribution in [0.2, 0.25) is 0 Å². The highest BCUT2D eigenvalue weighted by atomic mass is 32.1. The summed E-state index contributed by atoms with van der Waals surface area (Å²) in [6.07, 6.45) is 1.07. The molecule has 1 atom stereocenters. The second-order valence-electron chi connectivity index (χ2n) is 4.67. The van der Waals surface area contributed by atoms with Crippen molar-refractivity contribution in [1.82, 2.24) is 5.32 Å². The van der Waals surface area contributed by atoms with Crippen molar-refractivity contribution in [3.8, 4) is 0 Å². The molecule has 18 heavy (non-hydrogen) atoms. The van der Waals surface area contributed by atoms with Gasteiger partial charge in [-0.3, -0.25) is 0 Å². The zero-order chi connectivity index (χ0) is 13.0. The van der Waals surface area contributed by atoms with Crippen LogP contribution in [0.1, 0.15) is 34.5 Å². The van der Waals surface area contributed by atoms with Gasteiger partial charge in [-0.2, -0.15) is 0 Å². The highest BCUT2D eigenvalue weighted by molar-refractivity contribution is 7.10. The minimum atomic E-state index is 0.433. The van der Waals surface area contributed by atoms with Crippen LogP contribution in [0.4, 0.5) is 0 Å². The molecule has 0 aliphatic heterocycles. The number of likely N-dealkylation sites (N-methyl/N-ethyl adjacent to an activating group) is 1. The third kappa shape index (κ3) is 3.01. The van der Waals surface area contributed by atoms with E-state index in [1.807, 2.05) is 11.3 Å². The van der Waals surface area contributed by atoms with Gasteiger partial charge in [0.2, 0.25) is 0 Å². The highest BCUT2D eigenvalue weighted by Gasteiger charge is 2.14. The summed E-state index contributed by atoms with van der Waals surface area (Å²) in [4.78, 5) is 1.43. The summed E-state index contributed by atoms with van der Waals surface area (Å²) in [5.74, 6) is 0. The number of aryl methyl sites for hydroxylation is 2. The first kappa shape index (κ1) is 13.3. The van der Waals surface area contributed by atoms with Gasteiger partial charge in [-0.25, -0.2) is 0 Å². The van der Waals surface area contributed by atoms with Gasteiger partial charge < -0.3 is 5.32 Å². The lowest BCUT2D eigenvalue weighted by molar-refractivity contribution is 0.548. The van der Waals surface area contributed by atoms with Gasteiger partial charge in [-0.15, -0.1) is 11.3 Å². The van der Waals surface area contributed by atoms with Crippen molar-refractivity contribution in [2.24, 2.45) is 0 Å². The summed E-state index contributed by atoms with van der Waals surface area (Å²) in [6.45, 7) is 7.58. The maximum Gasteiger partial charge on any atom is 0.0371 e. The minimum absolute atomic E-state index is 0.433. The molecule has 0 fully saturated rings. The first-order valence-corrected chi connectivity index (χ1v) is 7.42. The average Bonchev–Trinajstić information content (AvgIpc) is 2.78. The van der Waals surface area contributed by atoms with Crippen molar-refractivity contribution >= 4 is 11.3 Å². The molecule has 1 aromatic heterocycles. The van der Waals surface area contributed by atoms with E-state index in [1.165, 1.54) is 21.6 Å². The average molecular weight is 259 g/mol. The van der Waals surface area contributed by atoms with E-state index in [-0.39, 0.29) is 0 Å². The highest BCUT2D eigenvalue weighted by Crippen LogP contribution is 2.26. The van der Waals surface area contributed by atoms with E-state index in [2.05, 4.69) is 61.8 Å². The Balaban J connectivity index is 2.22. The number of thiophene rings is 1. The van der Waals surface area contributed by atoms with Gasteiger partial charge in [0.05, 0.1) is 0 Å². The van der Waals surface area contributed by atoms with Crippen molar-refractivity contribution in [1.29, 1.82) is 0 Å². The number of nitrogens with one attached hydrogen (secondary N) is 1. The van der Waals surface area contributed by atoms with Crippen molar-refractivity contribution in [2.75, 3.05) is 6.54 Å². The van der Waals surface area contributed by atoms with Crippen LogP contribution >= 0.6 is 11.3 Å². The second-order valence-corrected chi connectivity index (χ2v) is 5.79. The van der Waals surface area contributed by atoms with E-state index in [0.717, 1.165) is 13.0 Å². The molecule has 1 heterocycles. The van der Waals surface area contributed by atoms with Crippen LogP contribution < -0.4 is 5.32 Å². The third-order valence-electron chi connectivity index (χ3n) is 3.41. The zero-order valence-corrected chi connectivity index (χ0v) is 12.2. The summed E-state index contributed by atoms with van der Waals surface area (Å²) in [5.41, 5.74) is 4.27. The Morgan fingerprint density at radius 1 is 1.17 bits per heavy atom. The van der Waals surface area contributed by atoms with Gasteiger partial charge in [0.1, 0.15) is 0 Å². The number of rotatable bonds is 5. The SMILES string of the molecule is CCNC(Cc1ccccc1C)c1ccsc1C. The fraction of sp³-hybridized carbons (Fsp3) is 0.375. The summed E-state index contributed by atoms with van der Waals surface area (Å²) in [5, 5.41) is 5.80. The fourth-order valence-electron chi connectivity index (χ4n) is 2.35. The summed E-state index contributed by atoms with van der Waals surface area (Å²) in [6, 6.07) is 11.4. The van der Waals surface area contributed by atoms with Gasteiger partial charge in [-0.1, -0.05) is 31.2 Å². The molecule has 1 unspecified atom stereocenters. The lowest BCUT2D eigenvalue weighted by atomic mass is 9.96. The van der Waals surface area contributed by atoms with Crippen molar-refractivity contribution in [3.63, 3.8) is 0 Å². The summed E-state index contributed by atoms with van der Waals surface area (Å²) in [7, 11) is 0. The molecule has 1 nitrogen and oxygen atoms in total. The first-order chi connectivity index (χ1) is 8.72. The molecule has 0 saturated carbocycles. The van der Waals surface area contributed by atoms with Crippen molar-refractivity contribution < 1.29 is 0 Å². The van der Waals surface area contributed by atoms with E-state index >= 15 is 0 Å². The molecule has 0 aliphatic carbocycles. The molecular formula is C16H21NS. The Hall–Kier alpha value is -1.12. The third-order valence-corrected chi connectivity index (χ3v) is 4.27. The van der Waals surface area contributed by atoms with Crippen LogP contribution in [-0.2, 0) is 6.42 Å². The summed E-state index contributed by atoms with van der Waals surface area (Å²) >= 11 is 1.83. The van der Waals surface area contributed by atoms with Gasteiger partial charge >= 0.3 is 0 Å². The molecule has 0 aliphatic rings. The monoisotopic (exact) mass is 259 g/mol. The number of benzene rings is 1. The van der Waals surface area contributed by atoms with E-state index in [0.29, 0.717) is 6.04 Å². The lowest BCUT2D eigenvalue weighted by Crippen LogP contribution is -2.23. The van der Waals surface area contributed by atoms with Crippen LogP contribution in [-0.4, -0.2) is 6.54 Å². The molecule has 2 heteroatoms. The Bertz CT molecular complexity index is 501. The molecule has 0 radical (unpaired) electrons. The Morgan fingerprint density at radius 2 is 1.94 bits per heavy atom. The molecule has 96 valence electrons. The van der Waals surface area contributed by atoms with E-state index in [1.54, 1.807) is 0 Å². The molecule has 0 spiro atoms. The van der Waals surface area contributed by atoms with Crippen LogP contribution in [0, 0.1) is 13.8 Å². The molecule has 0 amide bonds. The summed E-state index contributed by atoms with van der Waals surface area (Å²) < 4.78 is 0. The van der Waals surface area contributed by atoms with Gasteiger partial charge in [-0.05, 0) is 54.9 Å².